The Balaban J connectivity index is 1.66. The van der Waals surface area contributed by atoms with Gasteiger partial charge >= 0.3 is 0 Å². The number of carbonyl (C=O) groups is 2. The van der Waals surface area contributed by atoms with Crippen LogP contribution in [0.1, 0.15) is 32.1 Å². The molecule has 1 N–H and O–H groups in total. The van der Waals surface area contributed by atoms with E-state index in [4.69, 9.17) is 0 Å². The summed E-state index contributed by atoms with van der Waals surface area (Å²) in [6, 6.07) is 0.663. The van der Waals surface area contributed by atoms with Crippen LogP contribution in [-0.4, -0.2) is 61.4 Å². The molecule has 0 aromatic heterocycles. The number of hydrogen-bond acceptors (Lipinski definition) is 3. The van der Waals surface area contributed by atoms with Crippen LogP contribution in [0.2, 0.25) is 0 Å². The van der Waals surface area contributed by atoms with E-state index in [9.17, 15) is 9.59 Å². The third-order valence-corrected chi connectivity index (χ3v) is 3.99. The van der Waals surface area contributed by atoms with Crippen molar-refractivity contribution in [3.05, 3.63) is 0 Å². The first-order valence-corrected chi connectivity index (χ1v) is 7.30. The molecule has 5 nitrogen and oxygen atoms in total. The fraction of sp³-hybridized carbons (Fsp3) is 0.857. The predicted octanol–water partition coefficient (Wildman–Crippen LogP) is 0.455. The predicted molar refractivity (Wildman–Crippen MR) is 73.6 cm³/mol. The SMILES string of the molecule is CN(C)C(=O)C1CCN(C(=O)CCNC2CC2)CC1. The zero-order valence-electron chi connectivity index (χ0n) is 12.0. The average molecular weight is 267 g/mol. The molecule has 2 fully saturated rings. The van der Waals surface area contributed by atoms with Gasteiger partial charge in [-0.25, -0.2) is 0 Å². The monoisotopic (exact) mass is 267 g/mol. The molecule has 5 heteroatoms. The molecule has 0 atom stereocenters. The molecule has 1 heterocycles. The zero-order chi connectivity index (χ0) is 13.8. The van der Waals surface area contributed by atoms with Gasteiger partial charge < -0.3 is 15.1 Å². The number of carbonyl (C=O) groups excluding carboxylic acids is 2. The fourth-order valence-corrected chi connectivity index (χ4v) is 2.57. The van der Waals surface area contributed by atoms with E-state index in [0.717, 1.165) is 32.5 Å². The number of amides is 2. The van der Waals surface area contributed by atoms with Crippen LogP contribution in [0, 0.1) is 5.92 Å². The standard InChI is InChI=1S/C14H25N3O2/c1-16(2)14(19)11-6-9-17(10-7-11)13(18)5-8-15-12-3-4-12/h11-12,15H,3-10H2,1-2H3. The molecule has 1 aliphatic carbocycles. The molecule has 0 radical (unpaired) electrons. The summed E-state index contributed by atoms with van der Waals surface area (Å²) in [4.78, 5) is 27.4. The van der Waals surface area contributed by atoms with Crippen molar-refractivity contribution in [1.29, 1.82) is 0 Å². The highest BCUT2D eigenvalue weighted by Crippen LogP contribution is 2.20. The molecule has 1 saturated carbocycles. The van der Waals surface area contributed by atoms with Gasteiger partial charge in [-0.3, -0.25) is 9.59 Å². The minimum Gasteiger partial charge on any atom is -0.349 e. The summed E-state index contributed by atoms with van der Waals surface area (Å²) in [6.45, 7) is 2.25. The van der Waals surface area contributed by atoms with E-state index in [0.29, 0.717) is 12.5 Å². The highest BCUT2D eigenvalue weighted by molar-refractivity contribution is 5.79. The Morgan fingerprint density at radius 1 is 1.16 bits per heavy atom. The van der Waals surface area contributed by atoms with Gasteiger partial charge in [0.15, 0.2) is 0 Å². The summed E-state index contributed by atoms with van der Waals surface area (Å²) >= 11 is 0. The Kier molecular flexibility index (Phi) is 4.80. The lowest BCUT2D eigenvalue weighted by Crippen LogP contribution is -2.43. The van der Waals surface area contributed by atoms with Crippen LogP contribution in [0.25, 0.3) is 0 Å². The third kappa shape index (κ3) is 4.20. The molecule has 1 saturated heterocycles. The largest absolute Gasteiger partial charge is 0.349 e. The molecule has 0 spiro atoms. The van der Waals surface area contributed by atoms with Crippen molar-refractivity contribution in [1.82, 2.24) is 15.1 Å². The first kappa shape index (κ1) is 14.3. The van der Waals surface area contributed by atoms with Gasteiger partial charge in [-0.2, -0.15) is 0 Å². The third-order valence-electron chi connectivity index (χ3n) is 3.99. The van der Waals surface area contributed by atoms with Crippen molar-refractivity contribution in [2.75, 3.05) is 33.7 Å². The highest BCUT2D eigenvalue weighted by atomic mass is 16.2. The average Bonchev–Trinajstić information content (AvgIpc) is 3.22. The summed E-state index contributed by atoms with van der Waals surface area (Å²) < 4.78 is 0. The van der Waals surface area contributed by atoms with Crippen molar-refractivity contribution < 1.29 is 9.59 Å². The maximum atomic E-state index is 12.0. The van der Waals surface area contributed by atoms with Crippen LogP contribution in [0.5, 0.6) is 0 Å². The number of likely N-dealkylation sites (tertiary alicyclic amines) is 1. The van der Waals surface area contributed by atoms with E-state index in [1.165, 1.54) is 12.8 Å². The summed E-state index contributed by atoms with van der Waals surface area (Å²) in [6.07, 6.45) is 4.71. The quantitative estimate of drug-likeness (QED) is 0.787. The molecule has 0 bridgehead atoms. The number of hydrogen-bond donors (Lipinski definition) is 1. The lowest BCUT2D eigenvalue weighted by molar-refractivity contribution is -0.139. The van der Waals surface area contributed by atoms with Crippen molar-refractivity contribution in [2.45, 2.75) is 38.1 Å². The van der Waals surface area contributed by atoms with E-state index in [2.05, 4.69) is 5.32 Å². The van der Waals surface area contributed by atoms with Gasteiger partial charge in [-0.15, -0.1) is 0 Å². The Bertz CT molecular complexity index is 332. The molecule has 19 heavy (non-hydrogen) atoms. The maximum absolute atomic E-state index is 12.0. The Morgan fingerprint density at radius 3 is 2.32 bits per heavy atom. The Morgan fingerprint density at radius 2 is 1.79 bits per heavy atom. The van der Waals surface area contributed by atoms with Crippen LogP contribution in [0.15, 0.2) is 0 Å². The lowest BCUT2D eigenvalue weighted by Gasteiger charge is -2.32. The second-order valence-electron chi connectivity index (χ2n) is 5.87. The van der Waals surface area contributed by atoms with E-state index in [1.54, 1.807) is 19.0 Å². The number of nitrogens with zero attached hydrogens (tertiary/aromatic N) is 2. The van der Waals surface area contributed by atoms with Gasteiger partial charge in [0, 0.05) is 52.1 Å². The van der Waals surface area contributed by atoms with Crippen molar-refractivity contribution in [3.63, 3.8) is 0 Å². The second-order valence-corrected chi connectivity index (χ2v) is 5.87. The summed E-state index contributed by atoms with van der Waals surface area (Å²) in [7, 11) is 3.59. The van der Waals surface area contributed by atoms with Crippen LogP contribution in [-0.2, 0) is 9.59 Å². The van der Waals surface area contributed by atoms with Gasteiger partial charge in [0.25, 0.3) is 0 Å². The minimum absolute atomic E-state index is 0.101. The normalized spacial score (nSPS) is 20.4. The van der Waals surface area contributed by atoms with Gasteiger partial charge in [-0.1, -0.05) is 0 Å². The Labute approximate surface area is 115 Å². The van der Waals surface area contributed by atoms with Crippen LogP contribution in [0.4, 0.5) is 0 Å². The molecule has 2 aliphatic rings. The summed E-state index contributed by atoms with van der Waals surface area (Å²) in [5, 5.41) is 3.36. The van der Waals surface area contributed by atoms with Crippen LogP contribution >= 0.6 is 0 Å². The maximum Gasteiger partial charge on any atom is 0.225 e. The van der Waals surface area contributed by atoms with E-state index < -0.39 is 0 Å². The first-order valence-electron chi connectivity index (χ1n) is 7.30. The van der Waals surface area contributed by atoms with E-state index in [1.807, 2.05) is 4.90 Å². The topological polar surface area (TPSA) is 52.7 Å². The van der Waals surface area contributed by atoms with Gasteiger partial charge in [0.05, 0.1) is 0 Å². The van der Waals surface area contributed by atoms with E-state index >= 15 is 0 Å². The number of rotatable bonds is 5. The van der Waals surface area contributed by atoms with Crippen molar-refractivity contribution >= 4 is 11.8 Å². The molecule has 1 aliphatic heterocycles. The molecule has 108 valence electrons. The van der Waals surface area contributed by atoms with Crippen molar-refractivity contribution in [2.24, 2.45) is 5.92 Å². The van der Waals surface area contributed by atoms with Gasteiger partial charge in [-0.05, 0) is 25.7 Å². The molecular formula is C14H25N3O2. The number of nitrogens with one attached hydrogen (secondary N) is 1. The molecule has 2 amide bonds. The summed E-state index contributed by atoms with van der Waals surface area (Å²) in [5.74, 6) is 0.523. The Hall–Kier alpha value is -1.10. The van der Waals surface area contributed by atoms with Crippen LogP contribution < -0.4 is 5.32 Å². The molecule has 0 aromatic rings. The smallest absolute Gasteiger partial charge is 0.225 e. The molecule has 0 aromatic carbocycles. The second kappa shape index (κ2) is 6.37. The molecule has 0 unspecified atom stereocenters. The first-order chi connectivity index (χ1) is 9.08. The van der Waals surface area contributed by atoms with Crippen molar-refractivity contribution in [3.8, 4) is 0 Å². The van der Waals surface area contributed by atoms with Crippen LogP contribution in [0.3, 0.4) is 0 Å². The zero-order valence-corrected chi connectivity index (χ0v) is 12.0. The van der Waals surface area contributed by atoms with Gasteiger partial charge in [0.2, 0.25) is 11.8 Å². The lowest BCUT2D eigenvalue weighted by atomic mass is 9.95. The van der Waals surface area contributed by atoms with E-state index in [-0.39, 0.29) is 17.7 Å². The molecule has 2 rings (SSSR count). The van der Waals surface area contributed by atoms with Gasteiger partial charge in [0.1, 0.15) is 0 Å². The highest BCUT2D eigenvalue weighted by Gasteiger charge is 2.28. The fourth-order valence-electron chi connectivity index (χ4n) is 2.57. The summed E-state index contributed by atoms with van der Waals surface area (Å²) in [5.41, 5.74) is 0. The minimum atomic E-state index is 0.101. The number of piperidine rings is 1. The molecular weight excluding hydrogens is 242 g/mol.